The van der Waals surface area contributed by atoms with Crippen molar-refractivity contribution in [3.05, 3.63) is 144 Å². The first-order valence-corrected chi connectivity index (χ1v) is 11.8. The Hall–Kier alpha value is -2.97. The van der Waals surface area contributed by atoms with Gasteiger partial charge in [-0.05, 0) is 22.3 Å². The fourth-order valence-electron chi connectivity index (χ4n) is 3.95. The zero-order valence-electron chi connectivity index (χ0n) is 16.9. The van der Waals surface area contributed by atoms with Gasteiger partial charge in [0, 0.05) is 34.1 Å². The Morgan fingerprint density at radius 2 is 0.667 bits per heavy atom. The van der Waals surface area contributed by atoms with Crippen LogP contribution in [0.2, 0.25) is 0 Å². The van der Waals surface area contributed by atoms with Crippen molar-refractivity contribution in [2.75, 3.05) is 11.5 Å². The van der Waals surface area contributed by atoms with Crippen molar-refractivity contribution in [3.63, 3.8) is 0 Å². The van der Waals surface area contributed by atoms with Crippen LogP contribution in [0.5, 0.6) is 0 Å². The van der Waals surface area contributed by atoms with Crippen molar-refractivity contribution in [2.24, 2.45) is 0 Å². The van der Waals surface area contributed by atoms with E-state index >= 15 is 0 Å². The molecule has 0 radical (unpaired) electrons. The molecule has 0 spiro atoms. The molecule has 0 saturated carbocycles. The van der Waals surface area contributed by atoms with Gasteiger partial charge in [0.25, 0.3) is 0 Å². The van der Waals surface area contributed by atoms with Gasteiger partial charge in [-0.1, -0.05) is 121 Å². The van der Waals surface area contributed by atoms with E-state index in [-0.39, 0.29) is 11.8 Å². The summed E-state index contributed by atoms with van der Waals surface area (Å²) in [5.41, 5.74) is 4.86. The highest BCUT2D eigenvalue weighted by Crippen LogP contribution is 2.29. The number of benzene rings is 4. The second-order valence-electron chi connectivity index (χ2n) is 7.52. The largest absolute Gasteiger partial charge is 0.260 e. The maximum Gasteiger partial charge on any atom is 0.0344 e. The zero-order valence-corrected chi connectivity index (χ0v) is 17.7. The van der Waals surface area contributed by atoms with Gasteiger partial charge in [0.2, 0.25) is 0 Å². The predicted octanol–water partition coefficient (Wildman–Crippen LogP) is 6.40. The molecule has 150 valence electrons. The SMILES string of the molecule is O=S(CC(c1ccccc1)c1ccccc1)CC(c1ccccc1)c1ccccc1. The lowest BCUT2D eigenvalue weighted by Crippen LogP contribution is -2.18. The number of hydrogen-bond donors (Lipinski definition) is 0. The van der Waals surface area contributed by atoms with E-state index in [0.717, 1.165) is 0 Å². The van der Waals surface area contributed by atoms with Gasteiger partial charge in [0.1, 0.15) is 0 Å². The molecular formula is C28H26OS. The zero-order chi connectivity index (χ0) is 20.6. The minimum absolute atomic E-state index is 0.125. The second kappa shape index (κ2) is 10.2. The summed E-state index contributed by atoms with van der Waals surface area (Å²) in [6.45, 7) is 0. The smallest absolute Gasteiger partial charge is 0.0344 e. The minimum atomic E-state index is -0.982. The van der Waals surface area contributed by atoms with Crippen LogP contribution in [0.25, 0.3) is 0 Å². The summed E-state index contributed by atoms with van der Waals surface area (Å²) < 4.78 is 13.5. The Morgan fingerprint density at radius 3 is 0.900 bits per heavy atom. The summed E-state index contributed by atoms with van der Waals surface area (Å²) in [6.07, 6.45) is 0. The predicted molar refractivity (Wildman–Crippen MR) is 127 cm³/mol. The molecule has 4 rings (SSSR count). The fraction of sp³-hybridized carbons (Fsp3) is 0.143. The molecule has 0 atom stereocenters. The monoisotopic (exact) mass is 410 g/mol. The van der Waals surface area contributed by atoms with Gasteiger partial charge in [0.15, 0.2) is 0 Å². The van der Waals surface area contributed by atoms with Crippen molar-refractivity contribution >= 4 is 10.8 Å². The fourth-order valence-corrected chi connectivity index (χ4v) is 5.60. The molecule has 0 N–H and O–H groups in total. The maximum absolute atomic E-state index is 13.5. The Morgan fingerprint density at radius 1 is 0.433 bits per heavy atom. The van der Waals surface area contributed by atoms with Gasteiger partial charge in [-0.2, -0.15) is 0 Å². The molecule has 0 fully saturated rings. The van der Waals surface area contributed by atoms with Crippen LogP contribution in [0, 0.1) is 0 Å². The minimum Gasteiger partial charge on any atom is -0.260 e. The summed E-state index contributed by atoms with van der Waals surface area (Å²) in [4.78, 5) is 0. The van der Waals surface area contributed by atoms with Crippen molar-refractivity contribution in [1.82, 2.24) is 0 Å². The average Bonchev–Trinajstić information content (AvgIpc) is 2.83. The quantitative estimate of drug-likeness (QED) is 0.328. The molecule has 1 nitrogen and oxygen atoms in total. The molecule has 0 unspecified atom stereocenters. The van der Waals surface area contributed by atoms with Crippen molar-refractivity contribution < 1.29 is 4.21 Å². The molecule has 4 aromatic rings. The molecular weight excluding hydrogens is 384 g/mol. The normalized spacial score (nSPS) is 11.3. The summed E-state index contributed by atoms with van der Waals surface area (Å²) in [5.74, 6) is 1.48. The first-order valence-electron chi connectivity index (χ1n) is 10.4. The standard InChI is InChI=1S/C28H26OS/c29-30(21-27(23-13-5-1-6-14-23)24-15-7-2-8-16-24)22-28(25-17-9-3-10-18-25)26-19-11-4-12-20-26/h1-20,27-28H,21-22H2. The van der Waals surface area contributed by atoms with Gasteiger partial charge in [0.05, 0.1) is 0 Å². The number of hydrogen-bond acceptors (Lipinski definition) is 1. The summed E-state index contributed by atoms with van der Waals surface area (Å²) >= 11 is 0. The van der Waals surface area contributed by atoms with Gasteiger partial charge in [-0.15, -0.1) is 0 Å². The molecule has 2 heteroatoms. The Bertz CT molecular complexity index is 881. The average molecular weight is 411 g/mol. The molecule has 0 aromatic heterocycles. The summed E-state index contributed by atoms with van der Waals surface area (Å²) in [7, 11) is -0.982. The van der Waals surface area contributed by atoms with Crippen LogP contribution in [0.15, 0.2) is 121 Å². The highest BCUT2D eigenvalue weighted by atomic mass is 32.2. The van der Waals surface area contributed by atoms with E-state index in [0.29, 0.717) is 11.5 Å². The third kappa shape index (κ3) is 5.14. The van der Waals surface area contributed by atoms with E-state index in [1.54, 1.807) is 0 Å². The molecule has 30 heavy (non-hydrogen) atoms. The van der Waals surface area contributed by atoms with E-state index in [4.69, 9.17) is 0 Å². The molecule has 0 heterocycles. The third-order valence-corrected chi connectivity index (χ3v) is 6.92. The van der Waals surface area contributed by atoms with Gasteiger partial charge in [-0.3, -0.25) is 4.21 Å². The van der Waals surface area contributed by atoms with Crippen LogP contribution in [0.4, 0.5) is 0 Å². The van der Waals surface area contributed by atoms with E-state index in [1.165, 1.54) is 22.3 Å². The lowest BCUT2D eigenvalue weighted by molar-refractivity contribution is 0.675. The molecule has 4 aromatic carbocycles. The number of rotatable bonds is 8. The van der Waals surface area contributed by atoms with Crippen molar-refractivity contribution in [1.29, 1.82) is 0 Å². The van der Waals surface area contributed by atoms with E-state index in [2.05, 4.69) is 97.1 Å². The van der Waals surface area contributed by atoms with Crippen LogP contribution in [-0.2, 0) is 10.8 Å². The Balaban J connectivity index is 1.60. The first-order chi connectivity index (χ1) is 14.8. The van der Waals surface area contributed by atoms with Gasteiger partial charge in [-0.25, -0.2) is 0 Å². The molecule has 0 aliphatic heterocycles. The van der Waals surface area contributed by atoms with Gasteiger partial charge >= 0.3 is 0 Å². The van der Waals surface area contributed by atoms with E-state index < -0.39 is 10.8 Å². The van der Waals surface area contributed by atoms with Crippen molar-refractivity contribution in [2.45, 2.75) is 11.8 Å². The van der Waals surface area contributed by atoms with Crippen molar-refractivity contribution in [3.8, 4) is 0 Å². The summed E-state index contributed by atoms with van der Waals surface area (Å²) in [5, 5.41) is 0. The highest BCUT2D eigenvalue weighted by molar-refractivity contribution is 7.85. The summed E-state index contributed by atoms with van der Waals surface area (Å²) in [6, 6.07) is 41.7. The topological polar surface area (TPSA) is 17.1 Å². The first kappa shape index (κ1) is 20.3. The Labute approximate surface area is 181 Å². The molecule has 0 saturated heterocycles. The van der Waals surface area contributed by atoms with Crippen LogP contribution in [-0.4, -0.2) is 15.7 Å². The van der Waals surface area contributed by atoms with E-state index in [1.807, 2.05) is 24.3 Å². The highest BCUT2D eigenvalue weighted by Gasteiger charge is 2.22. The van der Waals surface area contributed by atoms with Crippen LogP contribution < -0.4 is 0 Å². The Kier molecular flexibility index (Phi) is 6.89. The molecule has 0 aliphatic carbocycles. The lowest BCUT2D eigenvalue weighted by atomic mass is 9.93. The third-order valence-electron chi connectivity index (χ3n) is 5.51. The van der Waals surface area contributed by atoms with Crippen LogP contribution >= 0.6 is 0 Å². The maximum atomic E-state index is 13.5. The lowest BCUT2D eigenvalue weighted by Gasteiger charge is -2.21. The second-order valence-corrected chi connectivity index (χ2v) is 9.07. The molecule has 0 bridgehead atoms. The van der Waals surface area contributed by atoms with Crippen LogP contribution in [0.1, 0.15) is 34.1 Å². The molecule has 0 amide bonds. The van der Waals surface area contributed by atoms with Gasteiger partial charge < -0.3 is 0 Å². The van der Waals surface area contributed by atoms with Crippen LogP contribution in [0.3, 0.4) is 0 Å². The van der Waals surface area contributed by atoms with E-state index in [9.17, 15) is 4.21 Å². The molecule has 0 aliphatic rings.